The minimum Gasteiger partial charge on any atom is -0.496 e. The number of aryl methyl sites for hydroxylation is 1. The first kappa shape index (κ1) is 32.2. The summed E-state index contributed by atoms with van der Waals surface area (Å²) < 4.78 is 42.3. The van der Waals surface area contributed by atoms with Gasteiger partial charge in [0.05, 0.1) is 29.9 Å². The molecule has 1 N–H and O–H groups in total. The van der Waals surface area contributed by atoms with Crippen molar-refractivity contribution in [1.82, 2.24) is 0 Å². The number of anilines is 3. The fraction of sp³-hybridized carbons (Fsp3) is 0.162. The number of methoxy groups -OCH3 is 1. The van der Waals surface area contributed by atoms with Gasteiger partial charge in [0.1, 0.15) is 17.7 Å². The van der Waals surface area contributed by atoms with E-state index in [9.17, 15) is 13.2 Å². The summed E-state index contributed by atoms with van der Waals surface area (Å²) in [6.45, 7) is 4.77. The summed E-state index contributed by atoms with van der Waals surface area (Å²) in [5.41, 5.74) is 4.67. The van der Waals surface area contributed by atoms with E-state index < -0.39 is 16.2 Å². The Bertz CT molecular complexity index is 2000. The van der Waals surface area contributed by atoms with Gasteiger partial charge in [0.25, 0.3) is 15.9 Å². The van der Waals surface area contributed by atoms with Crippen LogP contribution in [0, 0.1) is 6.92 Å². The molecule has 0 saturated heterocycles. The Morgan fingerprint density at radius 1 is 0.872 bits per heavy atom. The zero-order valence-electron chi connectivity index (χ0n) is 26.2. The fourth-order valence-corrected chi connectivity index (χ4v) is 7.21. The first-order chi connectivity index (χ1) is 22.7. The van der Waals surface area contributed by atoms with Gasteiger partial charge in [-0.3, -0.25) is 14.4 Å². The van der Waals surface area contributed by atoms with Crippen LogP contribution >= 0.6 is 15.9 Å². The summed E-state index contributed by atoms with van der Waals surface area (Å²) in [5, 5.41) is 0. The number of carbonyl (C=O) groups excluding carboxylic acids is 1. The lowest BCUT2D eigenvalue weighted by atomic mass is 9.98. The minimum atomic E-state index is -4.02. The van der Waals surface area contributed by atoms with Crippen molar-refractivity contribution in [1.29, 1.82) is 0 Å². The second-order valence-corrected chi connectivity index (χ2v) is 13.7. The van der Waals surface area contributed by atoms with Crippen molar-refractivity contribution >= 4 is 48.9 Å². The Labute approximate surface area is 283 Å². The third-order valence-electron chi connectivity index (χ3n) is 7.97. The first-order valence-corrected chi connectivity index (χ1v) is 17.4. The molecule has 0 unspecified atom stereocenters. The highest BCUT2D eigenvalue weighted by Crippen LogP contribution is 2.46. The molecule has 0 aliphatic carbocycles. The lowest BCUT2D eigenvalue weighted by Crippen LogP contribution is -2.49. The maximum absolute atomic E-state index is 14.8. The number of sulfonamides is 1. The second kappa shape index (κ2) is 13.5. The molecule has 1 amide bonds. The van der Waals surface area contributed by atoms with Crippen molar-refractivity contribution in [2.45, 2.75) is 31.5 Å². The molecular weight excluding hydrogens is 678 g/mol. The van der Waals surface area contributed by atoms with Gasteiger partial charge in [-0.05, 0) is 92.2 Å². The van der Waals surface area contributed by atoms with E-state index in [-0.39, 0.29) is 16.4 Å². The molecule has 0 radical (unpaired) electrons. The van der Waals surface area contributed by atoms with Crippen LogP contribution in [0.15, 0.2) is 125 Å². The first-order valence-electron chi connectivity index (χ1n) is 15.1. The number of fused-ring (bicyclic) bond motifs is 1. The molecule has 5 aromatic rings. The van der Waals surface area contributed by atoms with Crippen molar-refractivity contribution < 1.29 is 22.7 Å². The van der Waals surface area contributed by atoms with Gasteiger partial charge in [0.2, 0.25) is 0 Å². The summed E-state index contributed by atoms with van der Waals surface area (Å²) in [6, 6.07) is 34.8. The van der Waals surface area contributed by atoms with Crippen LogP contribution in [0.25, 0.3) is 0 Å². The number of carbonyl (C=O) groups is 1. The van der Waals surface area contributed by atoms with E-state index in [0.717, 1.165) is 21.2 Å². The summed E-state index contributed by atoms with van der Waals surface area (Å²) in [5.74, 6) is 0.923. The summed E-state index contributed by atoms with van der Waals surface area (Å²) in [4.78, 5) is 18.5. The molecule has 1 atom stereocenters. The highest BCUT2D eigenvalue weighted by Gasteiger charge is 2.41. The summed E-state index contributed by atoms with van der Waals surface area (Å²) in [7, 11) is -2.41. The van der Waals surface area contributed by atoms with Gasteiger partial charge >= 0.3 is 0 Å². The number of hydrogen-bond donors (Lipinski definition) is 1. The number of halogens is 1. The van der Waals surface area contributed by atoms with Gasteiger partial charge in [-0.15, -0.1) is 0 Å². The zero-order valence-corrected chi connectivity index (χ0v) is 28.6. The van der Waals surface area contributed by atoms with Crippen LogP contribution in [0.3, 0.4) is 0 Å². The van der Waals surface area contributed by atoms with E-state index in [0.29, 0.717) is 41.7 Å². The molecule has 6 rings (SSSR count). The third-order valence-corrected chi connectivity index (χ3v) is 9.84. The van der Waals surface area contributed by atoms with Crippen LogP contribution < -0.4 is 24.0 Å². The monoisotopic (exact) mass is 711 g/mol. The molecular formula is C37H34BrN3O5S. The van der Waals surface area contributed by atoms with E-state index in [1.54, 1.807) is 36.3 Å². The topological polar surface area (TPSA) is 88.2 Å². The number of benzene rings is 5. The highest BCUT2D eigenvalue weighted by molar-refractivity contribution is 9.10. The van der Waals surface area contributed by atoms with Gasteiger partial charge in [-0.1, -0.05) is 64.0 Å². The Balaban J connectivity index is 1.55. The van der Waals surface area contributed by atoms with Crippen molar-refractivity contribution in [3.05, 3.63) is 142 Å². The Morgan fingerprint density at radius 3 is 2.28 bits per heavy atom. The molecule has 1 aliphatic rings. The maximum atomic E-state index is 14.8. The molecule has 10 heteroatoms. The third kappa shape index (κ3) is 6.70. The summed E-state index contributed by atoms with van der Waals surface area (Å²) >= 11 is 3.62. The number of hydrogen-bond acceptors (Lipinski definition) is 6. The SMILES string of the molecule is CCOc1ccc(N2C(=O)c3cc(S(=O)(=O)Nc4ccc(C)cc4)ccc3N(Cc3ccccc3)[C@H]2c2cc(Br)ccc2OC)cc1. The molecule has 47 heavy (non-hydrogen) atoms. The van der Waals surface area contributed by atoms with Crippen LogP contribution in [-0.4, -0.2) is 28.0 Å². The zero-order chi connectivity index (χ0) is 33.1. The molecule has 240 valence electrons. The Hall–Kier alpha value is -4.80. The summed E-state index contributed by atoms with van der Waals surface area (Å²) in [6.07, 6.45) is -0.659. The Kier molecular flexibility index (Phi) is 9.24. The van der Waals surface area contributed by atoms with Crippen molar-refractivity contribution in [3.63, 3.8) is 0 Å². The number of nitrogens with one attached hydrogen (secondary N) is 1. The van der Waals surface area contributed by atoms with Crippen LogP contribution in [0.4, 0.5) is 17.1 Å². The van der Waals surface area contributed by atoms with Gasteiger partial charge < -0.3 is 14.4 Å². The normalized spacial score (nSPS) is 14.5. The fourth-order valence-electron chi connectivity index (χ4n) is 5.75. The molecule has 1 heterocycles. The van der Waals surface area contributed by atoms with Gasteiger partial charge in [0.15, 0.2) is 0 Å². The molecule has 0 spiro atoms. The number of nitrogens with zero attached hydrogens (tertiary/aromatic N) is 2. The molecule has 1 aliphatic heterocycles. The van der Waals surface area contributed by atoms with Crippen molar-refractivity contribution in [3.8, 4) is 11.5 Å². The molecule has 8 nitrogen and oxygen atoms in total. The molecule has 0 bridgehead atoms. The van der Waals surface area contributed by atoms with E-state index in [4.69, 9.17) is 9.47 Å². The average Bonchev–Trinajstić information content (AvgIpc) is 3.07. The predicted molar refractivity (Wildman–Crippen MR) is 189 cm³/mol. The van der Waals surface area contributed by atoms with Crippen LogP contribution in [-0.2, 0) is 16.6 Å². The predicted octanol–water partition coefficient (Wildman–Crippen LogP) is 8.33. The van der Waals surface area contributed by atoms with Gasteiger partial charge in [0, 0.05) is 28.0 Å². The number of rotatable bonds is 10. The van der Waals surface area contributed by atoms with Crippen molar-refractivity contribution in [2.75, 3.05) is 28.2 Å². The smallest absolute Gasteiger partial charge is 0.262 e. The number of amides is 1. The average molecular weight is 713 g/mol. The molecule has 0 aromatic heterocycles. The number of ether oxygens (including phenoxy) is 2. The molecule has 0 saturated carbocycles. The van der Waals surface area contributed by atoms with E-state index in [2.05, 4.69) is 25.6 Å². The van der Waals surface area contributed by atoms with Crippen LogP contribution in [0.1, 0.15) is 40.1 Å². The van der Waals surface area contributed by atoms with E-state index in [1.807, 2.05) is 98.8 Å². The standard InChI is InChI=1S/C37H34BrN3O5S/c1-4-46-30-17-15-29(16-18-30)41-36(33-22-27(38)12-21-35(33)45-3)40(24-26-8-6-5-7-9-26)34-20-19-31(23-32(34)37(41)42)47(43,44)39-28-13-10-25(2)11-14-28/h5-23,36,39H,4,24H2,1-3H3/t36-/m1/s1. The largest absolute Gasteiger partial charge is 0.496 e. The van der Waals surface area contributed by atoms with Crippen molar-refractivity contribution in [2.24, 2.45) is 0 Å². The van der Waals surface area contributed by atoms with Crippen LogP contribution in [0.5, 0.6) is 11.5 Å². The molecule has 5 aromatic carbocycles. The van der Waals surface area contributed by atoms with Gasteiger partial charge in [-0.25, -0.2) is 8.42 Å². The quantitative estimate of drug-likeness (QED) is 0.157. The Morgan fingerprint density at radius 2 is 1.60 bits per heavy atom. The minimum absolute atomic E-state index is 0.0186. The van der Waals surface area contributed by atoms with Crippen LogP contribution in [0.2, 0.25) is 0 Å². The highest BCUT2D eigenvalue weighted by atomic mass is 79.9. The second-order valence-electron chi connectivity index (χ2n) is 11.1. The van der Waals surface area contributed by atoms with E-state index in [1.165, 1.54) is 6.07 Å². The maximum Gasteiger partial charge on any atom is 0.262 e. The van der Waals surface area contributed by atoms with E-state index >= 15 is 0 Å². The van der Waals surface area contributed by atoms with Gasteiger partial charge in [-0.2, -0.15) is 0 Å². The molecule has 0 fully saturated rings. The lowest BCUT2D eigenvalue weighted by molar-refractivity contribution is 0.0967. The lowest BCUT2D eigenvalue weighted by Gasteiger charge is -2.46.